The van der Waals surface area contributed by atoms with Crippen molar-refractivity contribution in [1.29, 1.82) is 0 Å². The van der Waals surface area contributed by atoms with Crippen LogP contribution in [-0.2, 0) is 89.9 Å². The highest BCUT2D eigenvalue weighted by Crippen LogP contribution is 2.38. The normalized spacial score (nSPS) is 29.2. The Morgan fingerprint density at radius 3 is 1.49 bits per heavy atom. The van der Waals surface area contributed by atoms with Gasteiger partial charge in [0.25, 0.3) is 0 Å². The van der Waals surface area contributed by atoms with E-state index in [1.54, 1.807) is 6.26 Å². The number of fused-ring (bicyclic) bond motifs is 1. The van der Waals surface area contributed by atoms with Gasteiger partial charge in [-0.25, -0.2) is 0 Å². The van der Waals surface area contributed by atoms with Gasteiger partial charge in [-0.05, 0) is 33.9 Å². The van der Waals surface area contributed by atoms with Crippen molar-refractivity contribution in [1.82, 2.24) is 0 Å². The fraction of sp³-hybridized carbons (Fsp3) is 0.356. The molecule has 13 atom stereocenters. The molecule has 3 fully saturated rings. The number of aliphatic hydroxyl groups is 1. The molecule has 4 aliphatic heterocycles. The molecule has 1 N–H and O–H groups in total. The standard InChI is InChI=1S/C59H62O13/c60-51-55(72-59-56(66-37-45-27-15-5-16-28-45)53(65-36-44-25-13-4-14-26-44)49(39-69-59)63-34-42-21-9-2-10-22-42)54-50(40-67-57(71-54)46-29-17-6-18-30-46)70-58(51)68-38-48-52(64-35-43-23-11-3-12-24-43)47(31-32-61-48)62-33-41-19-7-1-8-20-41/h1-32,47-60H,33-40H2/t47-,48-,49-,50-,51+,52+,53+,54-,55-,56-,57-,58-,59+/m1/s1. The molecule has 6 aromatic carbocycles. The molecular weight excluding hydrogens is 917 g/mol. The summed E-state index contributed by atoms with van der Waals surface area (Å²) in [6, 6.07) is 59.4. The summed E-state index contributed by atoms with van der Waals surface area (Å²) in [5.41, 5.74) is 5.76. The maximum absolute atomic E-state index is 12.6. The van der Waals surface area contributed by atoms with Crippen LogP contribution in [-0.4, -0.2) is 98.5 Å². The van der Waals surface area contributed by atoms with E-state index in [4.69, 9.17) is 56.8 Å². The van der Waals surface area contributed by atoms with Gasteiger partial charge in [0.2, 0.25) is 0 Å². The highest BCUT2D eigenvalue weighted by molar-refractivity contribution is 5.19. The zero-order valence-corrected chi connectivity index (χ0v) is 40.0. The number of aliphatic hydroxyl groups excluding tert-OH is 1. The minimum atomic E-state index is -1.40. The van der Waals surface area contributed by atoms with Gasteiger partial charge in [0, 0.05) is 5.56 Å². The molecule has 13 heteroatoms. The fourth-order valence-electron chi connectivity index (χ4n) is 9.31. The first-order valence-electron chi connectivity index (χ1n) is 24.8. The van der Waals surface area contributed by atoms with Crippen molar-refractivity contribution in [2.45, 2.75) is 113 Å². The molecule has 0 saturated carbocycles. The Morgan fingerprint density at radius 2 is 0.931 bits per heavy atom. The lowest BCUT2D eigenvalue weighted by atomic mass is 9.96. The molecule has 4 aliphatic rings. The van der Waals surface area contributed by atoms with E-state index < -0.39 is 79.9 Å². The summed E-state index contributed by atoms with van der Waals surface area (Å²) in [6.45, 7) is 1.70. The fourth-order valence-corrected chi connectivity index (χ4v) is 9.31. The van der Waals surface area contributed by atoms with Crippen LogP contribution in [0.15, 0.2) is 194 Å². The Morgan fingerprint density at radius 1 is 0.444 bits per heavy atom. The predicted octanol–water partition coefficient (Wildman–Crippen LogP) is 8.78. The highest BCUT2D eigenvalue weighted by atomic mass is 16.8. The lowest BCUT2D eigenvalue weighted by Crippen LogP contribution is -2.66. The van der Waals surface area contributed by atoms with Crippen molar-refractivity contribution in [2.75, 3.05) is 19.8 Å². The first-order chi connectivity index (χ1) is 35.6. The van der Waals surface area contributed by atoms with Crippen molar-refractivity contribution in [3.8, 4) is 0 Å². The maximum atomic E-state index is 12.6. The number of benzene rings is 6. The van der Waals surface area contributed by atoms with Crippen LogP contribution in [0.2, 0.25) is 0 Å². The molecule has 72 heavy (non-hydrogen) atoms. The van der Waals surface area contributed by atoms with E-state index in [0.29, 0.717) is 19.8 Å². The average molecular weight is 979 g/mol. The Hall–Kier alpha value is -5.62. The molecule has 376 valence electrons. The Labute approximate surface area is 421 Å². The lowest BCUT2D eigenvalue weighted by Gasteiger charge is -2.50. The van der Waals surface area contributed by atoms with E-state index >= 15 is 0 Å². The Kier molecular flexibility index (Phi) is 17.6. The quantitative estimate of drug-likeness (QED) is 0.0738. The van der Waals surface area contributed by atoms with Gasteiger partial charge in [0.1, 0.15) is 54.9 Å². The topological polar surface area (TPSA) is 131 Å². The SMILES string of the molecule is O[C@@H]1[C@H](OC[C@H]2OC=C[C@@H](OCc3ccccc3)[C@@H]2OCc2ccccc2)O[C@@H]2CO[C@@H](c3ccccc3)O[C@H]2[C@@H]1O[C@@H]1OC[C@@H](OCc2ccccc2)[C@H](OCc2ccccc2)[C@H]1OCc1ccccc1. The molecule has 4 heterocycles. The van der Waals surface area contributed by atoms with Crippen molar-refractivity contribution in [3.05, 3.63) is 228 Å². The van der Waals surface area contributed by atoms with Crippen LogP contribution < -0.4 is 0 Å². The summed E-state index contributed by atoms with van der Waals surface area (Å²) >= 11 is 0. The second-order valence-corrected chi connectivity index (χ2v) is 18.2. The van der Waals surface area contributed by atoms with Crippen LogP contribution in [0.1, 0.15) is 39.7 Å². The van der Waals surface area contributed by atoms with Crippen LogP contribution in [0.3, 0.4) is 0 Å². The minimum absolute atomic E-state index is 0.0340. The van der Waals surface area contributed by atoms with Crippen molar-refractivity contribution in [2.24, 2.45) is 0 Å². The van der Waals surface area contributed by atoms with Crippen LogP contribution >= 0.6 is 0 Å². The molecule has 3 saturated heterocycles. The molecule has 0 bridgehead atoms. The van der Waals surface area contributed by atoms with Gasteiger partial charge >= 0.3 is 0 Å². The maximum Gasteiger partial charge on any atom is 0.187 e. The van der Waals surface area contributed by atoms with Crippen molar-refractivity contribution < 1.29 is 61.9 Å². The molecule has 0 spiro atoms. The van der Waals surface area contributed by atoms with E-state index in [1.807, 2.05) is 188 Å². The number of ether oxygens (including phenoxy) is 12. The third-order valence-electron chi connectivity index (χ3n) is 13.1. The largest absolute Gasteiger partial charge is 0.493 e. The smallest absolute Gasteiger partial charge is 0.187 e. The second-order valence-electron chi connectivity index (χ2n) is 18.2. The van der Waals surface area contributed by atoms with Gasteiger partial charge < -0.3 is 61.9 Å². The van der Waals surface area contributed by atoms with Crippen molar-refractivity contribution in [3.63, 3.8) is 0 Å². The zero-order valence-electron chi connectivity index (χ0n) is 40.0. The monoisotopic (exact) mass is 978 g/mol. The van der Waals surface area contributed by atoms with E-state index in [1.165, 1.54) is 0 Å². The van der Waals surface area contributed by atoms with E-state index in [2.05, 4.69) is 0 Å². The predicted molar refractivity (Wildman–Crippen MR) is 264 cm³/mol. The Bertz CT molecular complexity index is 2510. The first-order valence-corrected chi connectivity index (χ1v) is 24.8. The second kappa shape index (κ2) is 25.4. The molecule has 0 unspecified atom stereocenters. The van der Waals surface area contributed by atoms with E-state index in [9.17, 15) is 5.11 Å². The molecule has 6 aromatic rings. The first kappa shape index (κ1) is 49.9. The molecule has 0 aliphatic carbocycles. The van der Waals surface area contributed by atoms with Crippen LogP contribution in [0.5, 0.6) is 0 Å². The van der Waals surface area contributed by atoms with Crippen molar-refractivity contribution >= 4 is 0 Å². The molecule has 10 rings (SSSR count). The zero-order chi connectivity index (χ0) is 48.7. The molecular formula is C59H62O13. The van der Waals surface area contributed by atoms with E-state index in [0.717, 1.165) is 33.4 Å². The van der Waals surface area contributed by atoms with Gasteiger partial charge in [0.15, 0.2) is 25.0 Å². The molecule has 0 aromatic heterocycles. The summed E-state index contributed by atoms with van der Waals surface area (Å²) in [5, 5.41) is 12.6. The third-order valence-corrected chi connectivity index (χ3v) is 13.1. The summed E-state index contributed by atoms with van der Waals surface area (Å²) in [4.78, 5) is 0. The molecule has 13 nitrogen and oxygen atoms in total. The van der Waals surface area contributed by atoms with Gasteiger partial charge in [-0.3, -0.25) is 0 Å². The third kappa shape index (κ3) is 13.1. The highest BCUT2D eigenvalue weighted by Gasteiger charge is 2.54. The Balaban J connectivity index is 0.914. The van der Waals surface area contributed by atoms with E-state index in [-0.39, 0.29) is 33.0 Å². The summed E-state index contributed by atoms with van der Waals surface area (Å²) < 4.78 is 79.4. The van der Waals surface area contributed by atoms with Gasteiger partial charge in [-0.1, -0.05) is 182 Å². The van der Waals surface area contributed by atoms with Crippen LogP contribution in [0.25, 0.3) is 0 Å². The number of hydrogen-bond donors (Lipinski definition) is 1. The summed E-state index contributed by atoms with van der Waals surface area (Å²) in [7, 11) is 0. The lowest BCUT2D eigenvalue weighted by molar-refractivity contribution is -0.392. The minimum Gasteiger partial charge on any atom is -0.493 e. The number of hydrogen-bond acceptors (Lipinski definition) is 13. The van der Waals surface area contributed by atoms with Crippen LogP contribution in [0, 0.1) is 0 Å². The van der Waals surface area contributed by atoms with Crippen LogP contribution in [0.4, 0.5) is 0 Å². The van der Waals surface area contributed by atoms with Gasteiger partial charge in [0.05, 0.1) is 59.1 Å². The van der Waals surface area contributed by atoms with Gasteiger partial charge in [-0.2, -0.15) is 0 Å². The van der Waals surface area contributed by atoms with Gasteiger partial charge in [-0.15, -0.1) is 0 Å². The average Bonchev–Trinajstić information content (AvgIpc) is 3.44. The summed E-state index contributed by atoms with van der Waals surface area (Å²) in [6.07, 6.45) is -7.41. The summed E-state index contributed by atoms with van der Waals surface area (Å²) in [5.74, 6) is 0. The molecule has 0 radical (unpaired) electrons. The molecule has 0 amide bonds. The number of rotatable bonds is 21.